The second-order valence-electron chi connectivity index (χ2n) is 2.88. The number of rotatable bonds is 3. The van der Waals surface area contributed by atoms with Crippen LogP contribution < -0.4 is 5.73 Å². The van der Waals surface area contributed by atoms with Gasteiger partial charge in [0.05, 0.1) is 11.5 Å². The van der Waals surface area contributed by atoms with Gasteiger partial charge in [0.2, 0.25) is 6.29 Å². The number of carbonyl (C=O) groups excluding carboxylic acids is 2. The van der Waals surface area contributed by atoms with Gasteiger partial charge < -0.3 is 5.73 Å². The first kappa shape index (κ1) is 9.30. The number of Topliss-reactive ketones (excluding diaryl/α,β-unsaturated/α-hetero) is 1. The van der Waals surface area contributed by atoms with Crippen LogP contribution in [0.1, 0.15) is 20.8 Å². The van der Waals surface area contributed by atoms with E-state index in [-0.39, 0.29) is 5.78 Å². The van der Waals surface area contributed by atoms with Crippen molar-refractivity contribution in [2.45, 2.75) is 26.8 Å². The van der Waals surface area contributed by atoms with E-state index in [0.717, 1.165) is 0 Å². The van der Waals surface area contributed by atoms with Crippen molar-refractivity contribution < 1.29 is 9.59 Å². The highest BCUT2D eigenvalue weighted by Gasteiger charge is 2.30. The van der Waals surface area contributed by atoms with Crippen molar-refractivity contribution in [3.8, 4) is 0 Å². The minimum absolute atomic E-state index is 0.275. The summed E-state index contributed by atoms with van der Waals surface area (Å²) in [6.07, 6.45) is 1.64. The first-order chi connectivity index (χ1) is 4.41. The van der Waals surface area contributed by atoms with Gasteiger partial charge in [-0.3, -0.25) is 9.59 Å². The van der Waals surface area contributed by atoms with Crippen LogP contribution >= 0.6 is 0 Å². The highest BCUT2D eigenvalue weighted by Crippen LogP contribution is 2.13. The van der Waals surface area contributed by atoms with Gasteiger partial charge in [0.25, 0.3) is 0 Å². The molecule has 57 valence electrons. The molecule has 0 aliphatic heterocycles. The van der Waals surface area contributed by atoms with E-state index in [2.05, 4.69) is 0 Å². The Kier molecular flexibility index (Phi) is 2.72. The molecular formula is C7H12NO2. The topological polar surface area (TPSA) is 60.2 Å². The molecule has 0 amide bonds. The van der Waals surface area contributed by atoms with Gasteiger partial charge in [-0.2, -0.15) is 0 Å². The molecule has 1 unspecified atom stereocenters. The molecule has 0 aliphatic carbocycles. The van der Waals surface area contributed by atoms with Crippen LogP contribution in [0, 0.1) is 5.41 Å². The Labute approximate surface area is 60.6 Å². The molecule has 0 aromatic heterocycles. The standard InChI is InChI=1S/C7H12NO2/c1-5(8)6(10)7(2,3)4-9/h5H,8H2,1-3H3. The lowest BCUT2D eigenvalue weighted by Gasteiger charge is -2.15. The summed E-state index contributed by atoms with van der Waals surface area (Å²) in [6.45, 7) is 4.57. The van der Waals surface area contributed by atoms with Crippen LogP contribution in [0.15, 0.2) is 0 Å². The molecule has 0 saturated heterocycles. The number of ketones is 1. The van der Waals surface area contributed by atoms with Crippen LogP contribution in [0.5, 0.6) is 0 Å². The molecule has 0 fully saturated rings. The molecule has 2 N–H and O–H groups in total. The molecule has 0 heterocycles. The third kappa shape index (κ3) is 1.92. The lowest BCUT2D eigenvalue weighted by atomic mass is 9.87. The van der Waals surface area contributed by atoms with Crippen LogP contribution in [0.25, 0.3) is 0 Å². The molecule has 0 aliphatic rings. The van der Waals surface area contributed by atoms with Gasteiger partial charge in [-0.05, 0) is 20.8 Å². The molecule has 0 aromatic rings. The second kappa shape index (κ2) is 2.92. The average Bonchev–Trinajstić information content (AvgIpc) is 1.86. The van der Waals surface area contributed by atoms with E-state index in [4.69, 9.17) is 5.73 Å². The first-order valence-electron chi connectivity index (χ1n) is 3.11. The summed E-state index contributed by atoms with van der Waals surface area (Å²) in [5.41, 5.74) is 4.22. The summed E-state index contributed by atoms with van der Waals surface area (Å²) < 4.78 is 0. The fourth-order valence-electron chi connectivity index (χ4n) is 0.619. The predicted molar refractivity (Wildman–Crippen MR) is 38.1 cm³/mol. The zero-order valence-corrected chi connectivity index (χ0v) is 6.47. The number of hydrogen-bond donors (Lipinski definition) is 1. The second-order valence-corrected chi connectivity index (χ2v) is 2.88. The fourth-order valence-corrected chi connectivity index (χ4v) is 0.619. The summed E-state index contributed by atoms with van der Waals surface area (Å²) in [7, 11) is 0. The number of carbonyl (C=O) groups is 1. The lowest BCUT2D eigenvalue weighted by Crippen LogP contribution is -2.39. The maximum absolute atomic E-state index is 11.0. The van der Waals surface area contributed by atoms with Crippen LogP contribution in [0.3, 0.4) is 0 Å². The Morgan fingerprint density at radius 2 is 2.00 bits per heavy atom. The maximum atomic E-state index is 11.0. The quantitative estimate of drug-likeness (QED) is 0.566. The molecule has 0 aromatic carbocycles. The van der Waals surface area contributed by atoms with Gasteiger partial charge in [-0.1, -0.05) is 0 Å². The van der Waals surface area contributed by atoms with Crippen LogP contribution in [-0.4, -0.2) is 18.1 Å². The molecule has 0 rings (SSSR count). The van der Waals surface area contributed by atoms with Crippen molar-refractivity contribution in [2.75, 3.05) is 0 Å². The van der Waals surface area contributed by atoms with Gasteiger partial charge >= 0.3 is 0 Å². The first-order valence-corrected chi connectivity index (χ1v) is 3.11. The van der Waals surface area contributed by atoms with Gasteiger partial charge in [0.1, 0.15) is 0 Å². The lowest BCUT2D eigenvalue weighted by molar-refractivity contribution is -0.125. The van der Waals surface area contributed by atoms with Crippen molar-refractivity contribution in [1.29, 1.82) is 0 Å². The molecule has 3 nitrogen and oxygen atoms in total. The zero-order valence-electron chi connectivity index (χ0n) is 6.47. The average molecular weight is 142 g/mol. The number of hydrogen-bond acceptors (Lipinski definition) is 3. The third-order valence-corrected chi connectivity index (χ3v) is 1.28. The normalized spacial score (nSPS) is 14.4. The maximum Gasteiger partial charge on any atom is 0.212 e. The van der Waals surface area contributed by atoms with Gasteiger partial charge in [-0.15, -0.1) is 0 Å². The van der Waals surface area contributed by atoms with Gasteiger partial charge in [0, 0.05) is 0 Å². The SMILES string of the molecule is CC(N)C(=O)C(C)(C)[C]=O. The predicted octanol–water partition coefficient (Wildman–Crippen LogP) is 0.0386. The van der Waals surface area contributed by atoms with Gasteiger partial charge in [0.15, 0.2) is 5.78 Å². The Morgan fingerprint density at radius 3 is 2.10 bits per heavy atom. The van der Waals surface area contributed by atoms with E-state index in [9.17, 15) is 9.59 Å². The van der Waals surface area contributed by atoms with Crippen molar-refractivity contribution in [1.82, 2.24) is 0 Å². The van der Waals surface area contributed by atoms with E-state index in [1.165, 1.54) is 13.8 Å². The Morgan fingerprint density at radius 1 is 1.60 bits per heavy atom. The minimum Gasteiger partial charge on any atom is -0.322 e. The van der Waals surface area contributed by atoms with Crippen molar-refractivity contribution >= 4 is 12.1 Å². The smallest absolute Gasteiger partial charge is 0.212 e. The molecular weight excluding hydrogens is 130 g/mol. The highest BCUT2D eigenvalue weighted by atomic mass is 16.1. The largest absolute Gasteiger partial charge is 0.322 e. The Hall–Kier alpha value is -0.700. The fraction of sp³-hybridized carbons (Fsp3) is 0.714. The summed E-state index contributed by atoms with van der Waals surface area (Å²) in [6, 6.07) is -0.587. The molecule has 0 saturated carbocycles. The minimum atomic E-state index is -1.05. The molecule has 10 heavy (non-hydrogen) atoms. The van der Waals surface area contributed by atoms with Crippen LogP contribution in [0.4, 0.5) is 0 Å². The summed E-state index contributed by atoms with van der Waals surface area (Å²) in [5.74, 6) is -0.275. The van der Waals surface area contributed by atoms with E-state index < -0.39 is 11.5 Å². The van der Waals surface area contributed by atoms with Gasteiger partial charge in [-0.25, -0.2) is 0 Å². The van der Waals surface area contributed by atoms with E-state index in [1.54, 1.807) is 13.2 Å². The third-order valence-electron chi connectivity index (χ3n) is 1.28. The Bertz CT molecular complexity index is 150. The van der Waals surface area contributed by atoms with Crippen molar-refractivity contribution in [2.24, 2.45) is 11.1 Å². The highest BCUT2D eigenvalue weighted by molar-refractivity contribution is 6.00. The van der Waals surface area contributed by atoms with E-state index >= 15 is 0 Å². The monoisotopic (exact) mass is 142 g/mol. The summed E-state index contributed by atoms with van der Waals surface area (Å²) >= 11 is 0. The molecule has 1 atom stereocenters. The van der Waals surface area contributed by atoms with Crippen LogP contribution in [0.2, 0.25) is 0 Å². The molecule has 0 spiro atoms. The van der Waals surface area contributed by atoms with Crippen molar-refractivity contribution in [3.63, 3.8) is 0 Å². The van der Waals surface area contributed by atoms with E-state index in [0.29, 0.717) is 0 Å². The summed E-state index contributed by atoms with van der Waals surface area (Å²) in [4.78, 5) is 21.2. The van der Waals surface area contributed by atoms with E-state index in [1.807, 2.05) is 0 Å². The molecule has 1 radical (unpaired) electrons. The molecule has 3 heteroatoms. The number of nitrogens with two attached hydrogens (primary N) is 1. The Balaban J connectivity index is 4.33. The summed E-state index contributed by atoms with van der Waals surface area (Å²) in [5, 5.41) is 0. The van der Waals surface area contributed by atoms with Crippen molar-refractivity contribution in [3.05, 3.63) is 0 Å². The molecule has 0 bridgehead atoms. The van der Waals surface area contributed by atoms with Crippen LogP contribution in [-0.2, 0) is 9.59 Å². The zero-order chi connectivity index (χ0) is 8.36.